The van der Waals surface area contributed by atoms with Crippen LogP contribution in [0, 0.1) is 0 Å². The van der Waals surface area contributed by atoms with Crippen LogP contribution < -0.4 is 0 Å². The van der Waals surface area contributed by atoms with Crippen molar-refractivity contribution in [2.24, 2.45) is 0 Å². The van der Waals surface area contributed by atoms with Crippen LogP contribution in [0.4, 0.5) is 0 Å². The first-order valence-electron chi connectivity index (χ1n) is 9.55. The molecule has 1 fully saturated rings. The van der Waals surface area contributed by atoms with Gasteiger partial charge in [-0.2, -0.15) is 0 Å². The van der Waals surface area contributed by atoms with E-state index in [1.165, 1.54) is 0 Å². The van der Waals surface area contributed by atoms with Gasteiger partial charge in [0.15, 0.2) is 0 Å². The van der Waals surface area contributed by atoms with Gasteiger partial charge in [0.1, 0.15) is 5.82 Å². The fourth-order valence-electron chi connectivity index (χ4n) is 3.66. The zero-order valence-corrected chi connectivity index (χ0v) is 15.5. The topological polar surface area (TPSA) is 79.7 Å². The average molecular weight is 364 g/mol. The van der Waals surface area contributed by atoms with E-state index in [1.807, 2.05) is 33.8 Å². The molecule has 4 rings (SSSR count). The monoisotopic (exact) mass is 364 g/mol. The number of carbonyl (C=O) groups excluding carboxylic acids is 1. The summed E-state index contributed by atoms with van der Waals surface area (Å²) in [5, 5.41) is 8.53. The van der Waals surface area contributed by atoms with Crippen molar-refractivity contribution in [1.29, 1.82) is 0 Å². The Labute approximate surface area is 158 Å². The fraction of sp³-hybridized carbons (Fsp3) is 0.400. The van der Waals surface area contributed by atoms with Gasteiger partial charge in [0.05, 0.1) is 17.3 Å². The molecule has 0 saturated carbocycles. The zero-order valence-electron chi connectivity index (χ0n) is 15.5. The van der Waals surface area contributed by atoms with E-state index in [4.69, 9.17) is 0 Å². The zero-order chi connectivity index (χ0) is 18.6. The summed E-state index contributed by atoms with van der Waals surface area (Å²) in [5.41, 5.74) is 2.58. The summed E-state index contributed by atoms with van der Waals surface area (Å²) in [7, 11) is 0. The number of hydrogen-bond donors (Lipinski definition) is 1. The molecular weight excluding hydrogens is 340 g/mol. The predicted octanol–water partition coefficient (Wildman–Crippen LogP) is 3.10. The lowest BCUT2D eigenvalue weighted by Crippen LogP contribution is -2.39. The third-order valence-corrected chi connectivity index (χ3v) is 5.10. The maximum absolute atomic E-state index is 13.1. The van der Waals surface area contributed by atoms with E-state index in [9.17, 15) is 4.79 Å². The number of benzene rings is 1. The third kappa shape index (κ3) is 3.63. The van der Waals surface area contributed by atoms with Crippen LogP contribution in [0.2, 0.25) is 0 Å². The van der Waals surface area contributed by atoms with E-state index < -0.39 is 0 Å². The number of aromatic amines is 1. The van der Waals surface area contributed by atoms with Crippen molar-refractivity contribution in [2.45, 2.75) is 38.6 Å². The van der Waals surface area contributed by atoms with Gasteiger partial charge < -0.3 is 9.88 Å². The van der Waals surface area contributed by atoms with Gasteiger partial charge in [-0.05, 0) is 25.3 Å². The summed E-state index contributed by atoms with van der Waals surface area (Å²) >= 11 is 0. The summed E-state index contributed by atoms with van der Waals surface area (Å²) in [6.07, 6.45) is 9.34. The maximum Gasteiger partial charge on any atom is 0.254 e. The lowest BCUT2D eigenvalue weighted by molar-refractivity contribution is 0.0690. The van der Waals surface area contributed by atoms with E-state index in [1.54, 1.807) is 12.4 Å². The Balaban J connectivity index is 1.45. The van der Waals surface area contributed by atoms with Crippen molar-refractivity contribution in [2.75, 3.05) is 13.1 Å². The Morgan fingerprint density at radius 1 is 1.26 bits per heavy atom. The van der Waals surface area contributed by atoms with Crippen molar-refractivity contribution in [3.05, 3.63) is 54.1 Å². The molecule has 7 heteroatoms. The second-order valence-electron chi connectivity index (χ2n) is 6.95. The highest BCUT2D eigenvalue weighted by molar-refractivity contribution is 6.00. The normalized spacial score (nSPS) is 15.2. The van der Waals surface area contributed by atoms with E-state index in [-0.39, 0.29) is 5.91 Å². The van der Waals surface area contributed by atoms with E-state index in [2.05, 4.69) is 33.4 Å². The summed E-state index contributed by atoms with van der Waals surface area (Å²) in [5.74, 6) is 0.783. The first-order valence-corrected chi connectivity index (χ1v) is 9.55. The number of likely N-dealkylation sites (tertiary alicyclic amines) is 1. The van der Waals surface area contributed by atoms with Gasteiger partial charge in [0.25, 0.3) is 5.91 Å². The van der Waals surface area contributed by atoms with Crippen molar-refractivity contribution >= 4 is 5.91 Å². The summed E-state index contributed by atoms with van der Waals surface area (Å²) in [6, 6.07) is 7.95. The first kappa shape index (κ1) is 17.5. The lowest BCUT2D eigenvalue weighted by atomic mass is 10.0. The standard InChI is InChI=1S/C20H24N6O/c1-2-5-15-14-26(24-23-15)16-8-12-25(13-9-16)20(27)18-7-4-3-6-17(18)19-21-10-11-22-19/h3-4,6-7,10-11,14,16H,2,5,8-9,12-13H2,1H3,(H,21,22). The van der Waals surface area contributed by atoms with Crippen LogP contribution in [0.5, 0.6) is 0 Å². The van der Waals surface area contributed by atoms with Gasteiger partial charge in [-0.1, -0.05) is 36.8 Å². The molecule has 1 aliphatic rings. The minimum absolute atomic E-state index is 0.0608. The van der Waals surface area contributed by atoms with Crippen LogP contribution in [0.15, 0.2) is 42.9 Å². The molecule has 1 aliphatic heterocycles. The minimum Gasteiger partial charge on any atom is -0.345 e. The molecule has 2 aromatic heterocycles. The fourth-order valence-corrected chi connectivity index (χ4v) is 3.66. The number of rotatable bonds is 5. The molecule has 0 unspecified atom stereocenters. The number of hydrogen-bond acceptors (Lipinski definition) is 4. The number of nitrogens with one attached hydrogen (secondary N) is 1. The van der Waals surface area contributed by atoms with Crippen molar-refractivity contribution < 1.29 is 4.79 Å². The minimum atomic E-state index is 0.0608. The second-order valence-corrected chi connectivity index (χ2v) is 6.95. The highest BCUT2D eigenvalue weighted by atomic mass is 16.2. The number of imidazole rings is 1. The van der Waals surface area contributed by atoms with Crippen molar-refractivity contribution in [3.63, 3.8) is 0 Å². The number of carbonyl (C=O) groups is 1. The smallest absolute Gasteiger partial charge is 0.254 e. The molecule has 1 aromatic carbocycles. The lowest BCUT2D eigenvalue weighted by Gasteiger charge is -2.32. The second kappa shape index (κ2) is 7.73. The van der Waals surface area contributed by atoms with E-state index in [0.717, 1.165) is 55.9 Å². The Bertz CT molecular complexity index is 893. The average Bonchev–Trinajstić information content (AvgIpc) is 3.40. The SMILES string of the molecule is CCCc1cn(C2CCN(C(=O)c3ccccc3-c3ncc[nH]3)CC2)nn1. The van der Waals surface area contributed by atoms with Crippen LogP contribution in [-0.2, 0) is 6.42 Å². The molecule has 0 radical (unpaired) electrons. The van der Waals surface area contributed by atoms with Crippen LogP contribution in [0.3, 0.4) is 0 Å². The third-order valence-electron chi connectivity index (χ3n) is 5.10. The number of nitrogens with zero attached hydrogens (tertiary/aromatic N) is 5. The van der Waals surface area contributed by atoms with Gasteiger partial charge in [-0.15, -0.1) is 5.10 Å². The molecule has 27 heavy (non-hydrogen) atoms. The van der Waals surface area contributed by atoms with Gasteiger partial charge in [-0.25, -0.2) is 9.67 Å². The highest BCUT2D eigenvalue weighted by Crippen LogP contribution is 2.26. The molecule has 0 atom stereocenters. The van der Waals surface area contributed by atoms with Crippen LogP contribution in [-0.4, -0.2) is 48.9 Å². The predicted molar refractivity (Wildman–Crippen MR) is 102 cm³/mol. The quantitative estimate of drug-likeness (QED) is 0.754. The molecule has 0 bridgehead atoms. The molecular formula is C20H24N6O. The summed E-state index contributed by atoms with van der Waals surface area (Å²) in [6.45, 7) is 3.58. The van der Waals surface area contributed by atoms with E-state index >= 15 is 0 Å². The Hall–Kier alpha value is -2.96. The van der Waals surface area contributed by atoms with Gasteiger partial charge in [0, 0.05) is 37.2 Å². The van der Waals surface area contributed by atoms with Crippen LogP contribution in [0.25, 0.3) is 11.4 Å². The first-order chi connectivity index (χ1) is 13.3. The molecule has 140 valence electrons. The van der Waals surface area contributed by atoms with Gasteiger partial charge in [-0.3, -0.25) is 4.79 Å². The van der Waals surface area contributed by atoms with E-state index in [0.29, 0.717) is 11.6 Å². The number of amides is 1. The largest absolute Gasteiger partial charge is 0.345 e. The van der Waals surface area contributed by atoms with Gasteiger partial charge in [0.2, 0.25) is 0 Å². The molecule has 1 N–H and O–H groups in total. The Morgan fingerprint density at radius 3 is 2.81 bits per heavy atom. The maximum atomic E-state index is 13.1. The Morgan fingerprint density at radius 2 is 2.07 bits per heavy atom. The number of piperidine rings is 1. The van der Waals surface area contributed by atoms with Crippen LogP contribution >= 0.6 is 0 Å². The molecule has 3 heterocycles. The van der Waals surface area contributed by atoms with Crippen LogP contribution in [0.1, 0.15) is 48.3 Å². The van der Waals surface area contributed by atoms with Gasteiger partial charge >= 0.3 is 0 Å². The molecule has 0 spiro atoms. The van der Waals surface area contributed by atoms with Crippen molar-refractivity contribution in [1.82, 2.24) is 29.9 Å². The van der Waals surface area contributed by atoms with Crippen molar-refractivity contribution in [3.8, 4) is 11.4 Å². The number of aromatic nitrogens is 5. The molecule has 3 aromatic rings. The number of H-pyrrole nitrogens is 1. The number of aryl methyl sites for hydroxylation is 1. The Kier molecular flexibility index (Phi) is 5.00. The summed E-state index contributed by atoms with van der Waals surface area (Å²) in [4.78, 5) is 22.4. The highest BCUT2D eigenvalue weighted by Gasteiger charge is 2.27. The molecule has 0 aliphatic carbocycles. The molecule has 1 saturated heterocycles. The summed E-state index contributed by atoms with van der Waals surface area (Å²) < 4.78 is 1.98. The molecule has 7 nitrogen and oxygen atoms in total. The molecule has 1 amide bonds.